The lowest BCUT2D eigenvalue weighted by Crippen LogP contribution is -2.00. The summed E-state index contributed by atoms with van der Waals surface area (Å²) >= 11 is 0. The zero-order chi connectivity index (χ0) is 35.8. The molecule has 0 atom stereocenters. The van der Waals surface area contributed by atoms with E-state index >= 15 is 0 Å². The van der Waals surface area contributed by atoms with Gasteiger partial charge in [0.15, 0.2) is 17.5 Å². The van der Waals surface area contributed by atoms with Crippen molar-refractivity contribution in [3.8, 4) is 67.5 Å². The van der Waals surface area contributed by atoms with Crippen LogP contribution in [0.2, 0.25) is 0 Å². The van der Waals surface area contributed by atoms with E-state index in [9.17, 15) is 0 Å². The lowest BCUT2D eigenvalue weighted by Gasteiger charge is -2.19. The van der Waals surface area contributed by atoms with Crippen molar-refractivity contribution in [3.63, 3.8) is 0 Å². The van der Waals surface area contributed by atoms with E-state index in [0.29, 0.717) is 17.5 Å². The van der Waals surface area contributed by atoms with Gasteiger partial charge in [-0.2, -0.15) is 0 Å². The fraction of sp³-hybridized carbons (Fsp3) is 0. The fourth-order valence-corrected chi connectivity index (χ4v) is 7.75. The van der Waals surface area contributed by atoms with Gasteiger partial charge in [-0.1, -0.05) is 200 Å². The largest absolute Gasteiger partial charge is 0.208 e. The minimum Gasteiger partial charge on any atom is -0.208 e. The van der Waals surface area contributed by atoms with Crippen LogP contribution in [-0.4, -0.2) is 15.0 Å². The highest BCUT2D eigenvalue weighted by Gasteiger charge is 2.19. The first-order chi connectivity index (χ1) is 26.8. The third kappa shape index (κ3) is 5.60. The maximum atomic E-state index is 5.05. The molecular formula is C51H33N3. The molecule has 1 heterocycles. The van der Waals surface area contributed by atoms with E-state index in [0.717, 1.165) is 27.8 Å². The zero-order valence-electron chi connectivity index (χ0n) is 29.4. The Morgan fingerprint density at radius 2 is 0.574 bits per heavy atom. The predicted molar refractivity (Wildman–Crippen MR) is 225 cm³/mol. The molecule has 0 aliphatic carbocycles. The number of rotatable bonds is 6. The van der Waals surface area contributed by atoms with Gasteiger partial charge in [0.2, 0.25) is 0 Å². The van der Waals surface area contributed by atoms with Crippen LogP contribution in [0.5, 0.6) is 0 Å². The molecule has 0 N–H and O–H groups in total. The lowest BCUT2D eigenvalue weighted by molar-refractivity contribution is 1.07. The normalized spacial score (nSPS) is 11.3. The summed E-state index contributed by atoms with van der Waals surface area (Å²) in [6, 6.07) is 70.6. The Bertz CT molecular complexity index is 2890. The maximum Gasteiger partial charge on any atom is 0.164 e. The molecular weight excluding hydrogens is 655 g/mol. The highest BCUT2D eigenvalue weighted by molar-refractivity contribution is 6.23. The summed E-state index contributed by atoms with van der Waals surface area (Å²) in [6.45, 7) is 0. The van der Waals surface area contributed by atoms with Crippen molar-refractivity contribution >= 4 is 32.3 Å². The summed E-state index contributed by atoms with van der Waals surface area (Å²) in [5.74, 6) is 1.93. The second-order valence-electron chi connectivity index (χ2n) is 13.6. The second-order valence-corrected chi connectivity index (χ2v) is 13.6. The summed E-state index contributed by atoms with van der Waals surface area (Å²) < 4.78 is 0. The van der Waals surface area contributed by atoms with E-state index in [1.807, 2.05) is 36.4 Å². The Labute approximate surface area is 313 Å². The van der Waals surface area contributed by atoms with E-state index in [4.69, 9.17) is 15.0 Å². The molecule has 3 nitrogen and oxygen atoms in total. The van der Waals surface area contributed by atoms with Gasteiger partial charge in [0, 0.05) is 16.7 Å². The molecule has 0 aliphatic rings. The summed E-state index contributed by atoms with van der Waals surface area (Å²) in [7, 11) is 0. The van der Waals surface area contributed by atoms with Crippen molar-refractivity contribution in [2.75, 3.05) is 0 Å². The van der Waals surface area contributed by atoms with Crippen molar-refractivity contribution < 1.29 is 0 Å². The van der Waals surface area contributed by atoms with E-state index in [1.165, 1.54) is 54.6 Å². The van der Waals surface area contributed by atoms with Crippen LogP contribution < -0.4 is 0 Å². The SMILES string of the molecule is c1ccc(-c2ccc(-c3nc(-c4ccccc4)nc(-c4ccc(-c5c6ccccc6c(-c6cccc7ccccc67)c6ccccc56)cc4)n3)cc2)cc1. The average Bonchev–Trinajstić information content (AvgIpc) is 3.26. The van der Waals surface area contributed by atoms with Crippen LogP contribution in [0.4, 0.5) is 0 Å². The molecule has 0 aliphatic heterocycles. The predicted octanol–water partition coefficient (Wildman–Crippen LogP) is 13.3. The van der Waals surface area contributed by atoms with Crippen molar-refractivity contribution in [1.29, 1.82) is 0 Å². The number of nitrogens with zero attached hydrogens (tertiary/aromatic N) is 3. The molecule has 0 bridgehead atoms. The molecule has 0 spiro atoms. The topological polar surface area (TPSA) is 38.7 Å². The molecule has 252 valence electrons. The minimum atomic E-state index is 0.638. The third-order valence-electron chi connectivity index (χ3n) is 10.3. The van der Waals surface area contributed by atoms with Crippen molar-refractivity contribution in [1.82, 2.24) is 15.0 Å². The van der Waals surface area contributed by atoms with Crippen LogP contribution in [0.1, 0.15) is 0 Å². The minimum absolute atomic E-state index is 0.638. The summed E-state index contributed by atoms with van der Waals surface area (Å²) in [6.07, 6.45) is 0. The molecule has 0 saturated heterocycles. The summed E-state index contributed by atoms with van der Waals surface area (Å²) in [5.41, 5.74) is 10.0. The van der Waals surface area contributed by atoms with Gasteiger partial charge >= 0.3 is 0 Å². The molecule has 3 heteroatoms. The second kappa shape index (κ2) is 13.4. The maximum absolute atomic E-state index is 5.05. The van der Waals surface area contributed by atoms with E-state index < -0.39 is 0 Å². The van der Waals surface area contributed by atoms with Crippen LogP contribution in [0, 0.1) is 0 Å². The van der Waals surface area contributed by atoms with E-state index in [1.54, 1.807) is 0 Å². The Kier molecular flexibility index (Phi) is 7.81. The monoisotopic (exact) mass is 687 g/mol. The third-order valence-corrected chi connectivity index (χ3v) is 10.3. The van der Waals surface area contributed by atoms with Gasteiger partial charge in [-0.05, 0) is 65.7 Å². The number of benzene rings is 9. The van der Waals surface area contributed by atoms with Crippen LogP contribution in [0.25, 0.3) is 99.9 Å². The highest BCUT2D eigenvalue weighted by Crippen LogP contribution is 2.45. The Morgan fingerprint density at radius 3 is 1.11 bits per heavy atom. The lowest BCUT2D eigenvalue weighted by atomic mass is 9.84. The molecule has 0 amide bonds. The number of fused-ring (bicyclic) bond motifs is 3. The summed E-state index contributed by atoms with van der Waals surface area (Å²) in [4.78, 5) is 15.0. The number of hydrogen-bond acceptors (Lipinski definition) is 3. The molecule has 10 rings (SSSR count). The fourth-order valence-electron chi connectivity index (χ4n) is 7.75. The van der Waals surface area contributed by atoms with Crippen molar-refractivity contribution in [2.45, 2.75) is 0 Å². The molecule has 0 saturated carbocycles. The van der Waals surface area contributed by atoms with Gasteiger partial charge in [-0.25, -0.2) is 15.0 Å². The van der Waals surface area contributed by atoms with Gasteiger partial charge in [0.05, 0.1) is 0 Å². The molecule has 10 aromatic rings. The molecule has 0 unspecified atom stereocenters. The Hall–Kier alpha value is -7.23. The number of hydrogen-bond donors (Lipinski definition) is 0. The van der Waals surface area contributed by atoms with Gasteiger partial charge in [0.1, 0.15) is 0 Å². The van der Waals surface area contributed by atoms with E-state index in [2.05, 4.69) is 164 Å². The van der Waals surface area contributed by atoms with Crippen molar-refractivity contribution in [2.24, 2.45) is 0 Å². The first kappa shape index (κ1) is 31.5. The smallest absolute Gasteiger partial charge is 0.164 e. The quantitative estimate of drug-likeness (QED) is 0.163. The molecule has 0 fully saturated rings. The van der Waals surface area contributed by atoms with Crippen LogP contribution >= 0.6 is 0 Å². The van der Waals surface area contributed by atoms with Gasteiger partial charge < -0.3 is 0 Å². The van der Waals surface area contributed by atoms with Crippen LogP contribution in [-0.2, 0) is 0 Å². The number of aromatic nitrogens is 3. The van der Waals surface area contributed by atoms with Gasteiger partial charge in [-0.15, -0.1) is 0 Å². The highest BCUT2D eigenvalue weighted by atomic mass is 15.0. The molecule has 9 aromatic carbocycles. The standard InChI is InChI=1S/C51H33N3/c1-3-14-34(15-4-1)35-26-30-39(31-27-35)50-52-49(38-17-5-2-6-18-38)53-51(54-50)40-32-28-37(29-33-40)47-43-21-9-11-23-45(43)48(46-24-12-10-22-44(46)47)42-25-13-19-36-16-7-8-20-41(36)42/h1-33H. The first-order valence-corrected chi connectivity index (χ1v) is 18.3. The van der Waals surface area contributed by atoms with Crippen LogP contribution in [0.3, 0.4) is 0 Å². The van der Waals surface area contributed by atoms with Crippen molar-refractivity contribution in [3.05, 3.63) is 200 Å². The zero-order valence-corrected chi connectivity index (χ0v) is 29.4. The summed E-state index contributed by atoms with van der Waals surface area (Å²) in [5, 5.41) is 7.41. The van der Waals surface area contributed by atoms with Gasteiger partial charge in [0.25, 0.3) is 0 Å². The van der Waals surface area contributed by atoms with Gasteiger partial charge in [-0.3, -0.25) is 0 Å². The molecule has 0 radical (unpaired) electrons. The molecule has 1 aromatic heterocycles. The Balaban J connectivity index is 1.10. The first-order valence-electron chi connectivity index (χ1n) is 18.3. The Morgan fingerprint density at radius 1 is 0.222 bits per heavy atom. The van der Waals surface area contributed by atoms with Crippen LogP contribution in [0.15, 0.2) is 200 Å². The van der Waals surface area contributed by atoms with E-state index in [-0.39, 0.29) is 0 Å². The molecule has 54 heavy (non-hydrogen) atoms. The average molecular weight is 688 g/mol.